The Morgan fingerprint density at radius 1 is 1.53 bits per heavy atom. The van der Waals surface area contributed by atoms with Gasteiger partial charge in [0.2, 0.25) is 0 Å². The van der Waals surface area contributed by atoms with Gasteiger partial charge in [0.25, 0.3) is 0 Å². The molecule has 2 heterocycles. The average Bonchev–Trinajstić information content (AvgIpc) is 2.81. The van der Waals surface area contributed by atoms with Crippen molar-refractivity contribution in [3.05, 3.63) is 40.2 Å². The molecule has 0 aliphatic rings. The molecule has 17 heavy (non-hydrogen) atoms. The first kappa shape index (κ1) is 11.5. The van der Waals surface area contributed by atoms with Crippen LogP contribution in [0, 0.1) is 0 Å². The Hall–Kier alpha value is -1.95. The van der Waals surface area contributed by atoms with Crippen molar-refractivity contribution in [2.75, 3.05) is 11.9 Å². The van der Waals surface area contributed by atoms with Crippen molar-refractivity contribution in [3.63, 3.8) is 0 Å². The molecule has 0 aliphatic heterocycles. The van der Waals surface area contributed by atoms with Gasteiger partial charge in [0.15, 0.2) is 5.82 Å². The standard InChI is InChI=1S/C11H11N3O2S/c1-14(6-8-3-5-17-7-8)10-9(11(15)16)2-4-12-13-10/h2-5,7H,6H2,1H3,(H,15,16). The van der Waals surface area contributed by atoms with E-state index in [4.69, 9.17) is 5.11 Å². The average molecular weight is 249 g/mol. The van der Waals surface area contributed by atoms with Crippen LogP contribution in [0.15, 0.2) is 29.1 Å². The summed E-state index contributed by atoms with van der Waals surface area (Å²) in [7, 11) is 1.80. The second-order valence-electron chi connectivity index (χ2n) is 3.56. The summed E-state index contributed by atoms with van der Waals surface area (Å²) in [5.41, 5.74) is 1.29. The van der Waals surface area contributed by atoms with Crippen LogP contribution in [-0.2, 0) is 6.54 Å². The van der Waals surface area contributed by atoms with Gasteiger partial charge in [-0.1, -0.05) is 0 Å². The summed E-state index contributed by atoms with van der Waals surface area (Å²) in [5.74, 6) is -0.613. The van der Waals surface area contributed by atoms with Gasteiger partial charge in [-0.2, -0.15) is 16.4 Å². The molecule has 2 aromatic heterocycles. The van der Waals surface area contributed by atoms with E-state index in [9.17, 15) is 4.79 Å². The van der Waals surface area contributed by atoms with E-state index in [-0.39, 0.29) is 5.56 Å². The van der Waals surface area contributed by atoms with Gasteiger partial charge in [0.1, 0.15) is 5.56 Å². The predicted octanol–water partition coefficient (Wildman–Crippen LogP) is 1.87. The Morgan fingerprint density at radius 2 is 2.35 bits per heavy atom. The van der Waals surface area contributed by atoms with Crippen molar-refractivity contribution in [2.45, 2.75) is 6.54 Å². The molecule has 5 nitrogen and oxygen atoms in total. The summed E-state index contributed by atoms with van der Waals surface area (Å²) >= 11 is 1.61. The summed E-state index contributed by atoms with van der Waals surface area (Å²) in [6.45, 7) is 0.614. The largest absolute Gasteiger partial charge is 0.478 e. The zero-order chi connectivity index (χ0) is 12.3. The zero-order valence-corrected chi connectivity index (χ0v) is 10.0. The van der Waals surface area contributed by atoms with Crippen molar-refractivity contribution in [3.8, 4) is 0 Å². The fourth-order valence-corrected chi connectivity index (χ4v) is 2.16. The van der Waals surface area contributed by atoms with Crippen molar-refractivity contribution in [1.82, 2.24) is 10.2 Å². The number of nitrogens with zero attached hydrogens (tertiary/aromatic N) is 3. The number of anilines is 1. The van der Waals surface area contributed by atoms with Crippen LogP contribution in [-0.4, -0.2) is 28.3 Å². The first-order valence-corrected chi connectivity index (χ1v) is 5.90. The van der Waals surface area contributed by atoms with Crippen molar-refractivity contribution >= 4 is 23.1 Å². The van der Waals surface area contributed by atoms with Gasteiger partial charge < -0.3 is 10.0 Å². The molecule has 2 rings (SSSR count). The van der Waals surface area contributed by atoms with E-state index in [0.717, 1.165) is 5.56 Å². The summed E-state index contributed by atoms with van der Waals surface area (Å²) in [5, 5.41) is 20.7. The molecule has 0 saturated heterocycles. The highest BCUT2D eigenvalue weighted by Crippen LogP contribution is 2.18. The molecule has 88 valence electrons. The van der Waals surface area contributed by atoms with E-state index >= 15 is 0 Å². The predicted molar refractivity (Wildman–Crippen MR) is 65.4 cm³/mol. The Balaban J connectivity index is 2.24. The maximum absolute atomic E-state index is 11.0. The molecule has 0 unspecified atom stereocenters. The minimum atomic E-state index is -0.993. The lowest BCUT2D eigenvalue weighted by Crippen LogP contribution is -2.21. The third kappa shape index (κ3) is 2.59. The van der Waals surface area contributed by atoms with Crippen LogP contribution in [0.4, 0.5) is 5.82 Å². The summed E-state index contributed by atoms with van der Waals surface area (Å²) in [6, 6.07) is 3.45. The minimum Gasteiger partial charge on any atom is -0.478 e. The van der Waals surface area contributed by atoms with Crippen LogP contribution < -0.4 is 4.90 Å². The molecule has 6 heteroatoms. The number of hydrogen-bond acceptors (Lipinski definition) is 5. The molecule has 1 N–H and O–H groups in total. The van der Waals surface area contributed by atoms with Crippen LogP contribution in [0.25, 0.3) is 0 Å². The molecule has 0 spiro atoms. The van der Waals surface area contributed by atoms with Crippen molar-refractivity contribution < 1.29 is 9.90 Å². The third-order valence-corrected chi connectivity index (χ3v) is 3.03. The fourth-order valence-electron chi connectivity index (χ4n) is 1.50. The number of carboxylic acid groups (broad SMARTS) is 1. The number of hydrogen-bond donors (Lipinski definition) is 1. The van der Waals surface area contributed by atoms with E-state index in [0.29, 0.717) is 12.4 Å². The van der Waals surface area contributed by atoms with Crippen LogP contribution in [0.3, 0.4) is 0 Å². The number of carbonyl (C=O) groups is 1. The highest BCUT2D eigenvalue weighted by molar-refractivity contribution is 7.07. The highest BCUT2D eigenvalue weighted by Gasteiger charge is 2.15. The number of carboxylic acids is 1. The van der Waals surface area contributed by atoms with Gasteiger partial charge in [0, 0.05) is 13.6 Å². The molecule has 0 aliphatic carbocycles. The summed E-state index contributed by atoms with van der Waals surface area (Å²) in [6.07, 6.45) is 1.38. The Kier molecular flexibility index (Phi) is 3.34. The Morgan fingerprint density at radius 3 is 3.00 bits per heavy atom. The highest BCUT2D eigenvalue weighted by atomic mass is 32.1. The molecule has 0 amide bonds. The Labute approximate surface area is 102 Å². The fraction of sp³-hybridized carbons (Fsp3) is 0.182. The lowest BCUT2D eigenvalue weighted by Gasteiger charge is -2.18. The molecular formula is C11H11N3O2S. The van der Waals surface area contributed by atoms with E-state index in [1.165, 1.54) is 12.3 Å². The normalized spacial score (nSPS) is 10.2. The van der Waals surface area contributed by atoms with Gasteiger partial charge in [-0.25, -0.2) is 4.79 Å². The molecule has 0 fully saturated rings. The van der Waals surface area contributed by atoms with Crippen molar-refractivity contribution in [1.29, 1.82) is 0 Å². The monoisotopic (exact) mass is 249 g/mol. The van der Waals surface area contributed by atoms with Crippen LogP contribution in [0.5, 0.6) is 0 Å². The third-order valence-electron chi connectivity index (χ3n) is 2.29. The second-order valence-corrected chi connectivity index (χ2v) is 4.34. The number of thiophene rings is 1. The zero-order valence-electron chi connectivity index (χ0n) is 9.20. The van der Waals surface area contributed by atoms with Gasteiger partial charge in [-0.15, -0.1) is 5.10 Å². The maximum atomic E-state index is 11.0. The van der Waals surface area contributed by atoms with Gasteiger partial charge in [-0.3, -0.25) is 0 Å². The topological polar surface area (TPSA) is 66.3 Å². The summed E-state index contributed by atoms with van der Waals surface area (Å²) in [4.78, 5) is 12.8. The SMILES string of the molecule is CN(Cc1ccsc1)c1nnccc1C(=O)O. The molecule has 0 bridgehead atoms. The molecule has 0 radical (unpaired) electrons. The number of aromatic carboxylic acids is 1. The maximum Gasteiger partial charge on any atom is 0.339 e. The van der Waals surface area contributed by atoms with Crippen LogP contribution in [0.1, 0.15) is 15.9 Å². The first-order valence-electron chi connectivity index (χ1n) is 4.95. The van der Waals surface area contributed by atoms with Gasteiger partial charge in [-0.05, 0) is 28.5 Å². The van der Waals surface area contributed by atoms with Gasteiger partial charge in [0.05, 0.1) is 6.20 Å². The summed E-state index contributed by atoms with van der Waals surface area (Å²) < 4.78 is 0. The Bertz CT molecular complexity index is 513. The number of aromatic nitrogens is 2. The van der Waals surface area contributed by atoms with Crippen LogP contribution >= 0.6 is 11.3 Å². The molecular weight excluding hydrogens is 238 g/mol. The van der Waals surface area contributed by atoms with E-state index in [1.54, 1.807) is 23.3 Å². The number of rotatable bonds is 4. The molecule has 0 saturated carbocycles. The van der Waals surface area contributed by atoms with Crippen LogP contribution in [0.2, 0.25) is 0 Å². The lowest BCUT2D eigenvalue weighted by atomic mass is 10.2. The van der Waals surface area contributed by atoms with E-state index in [2.05, 4.69) is 10.2 Å². The molecule has 0 aromatic carbocycles. The van der Waals surface area contributed by atoms with Gasteiger partial charge >= 0.3 is 5.97 Å². The lowest BCUT2D eigenvalue weighted by molar-refractivity contribution is 0.0697. The van der Waals surface area contributed by atoms with E-state index in [1.807, 2.05) is 16.8 Å². The quantitative estimate of drug-likeness (QED) is 0.896. The molecule has 0 atom stereocenters. The molecule has 2 aromatic rings. The second kappa shape index (κ2) is 4.92. The minimum absolute atomic E-state index is 0.165. The first-order chi connectivity index (χ1) is 8.18. The smallest absolute Gasteiger partial charge is 0.339 e. The van der Waals surface area contributed by atoms with Crippen molar-refractivity contribution in [2.24, 2.45) is 0 Å². The van der Waals surface area contributed by atoms with E-state index < -0.39 is 5.97 Å².